The fourth-order valence-corrected chi connectivity index (χ4v) is 2.20. The molecule has 0 aliphatic heterocycles. The van der Waals surface area contributed by atoms with Crippen LogP contribution in [0.2, 0.25) is 0 Å². The first-order valence-electron chi connectivity index (χ1n) is 5.54. The maximum atomic E-state index is 13.1. The van der Waals surface area contributed by atoms with Gasteiger partial charge in [0.15, 0.2) is 0 Å². The van der Waals surface area contributed by atoms with Crippen LogP contribution in [0, 0.1) is 5.82 Å². The minimum atomic E-state index is -1.28. The minimum Gasteiger partial charge on any atom is -0.389 e. The van der Waals surface area contributed by atoms with Crippen LogP contribution < -0.4 is 17.0 Å². The smallest absolute Gasteiger partial charge is 0.328 e. The first-order chi connectivity index (χ1) is 8.41. The molecular weight excluding hydrogens is 281 g/mol. The second kappa shape index (κ2) is 5.83. The van der Waals surface area contributed by atoms with Gasteiger partial charge in [-0.3, -0.25) is 14.3 Å². The molecule has 1 aromatic heterocycles. The van der Waals surface area contributed by atoms with Gasteiger partial charge in [-0.1, -0.05) is 0 Å². The number of H-pyrrole nitrogens is 1. The Bertz CT molecular complexity index is 560. The largest absolute Gasteiger partial charge is 0.389 e. The lowest BCUT2D eigenvalue weighted by Crippen LogP contribution is -2.52. The summed E-state index contributed by atoms with van der Waals surface area (Å²) in [4.78, 5) is 24.2. The van der Waals surface area contributed by atoms with E-state index in [-0.39, 0.29) is 12.4 Å². The number of aromatic amines is 1. The summed E-state index contributed by atoms with van der Waals surface area (Å²) in [7, 11) is 0. The zero-order chi connectivity index (χ0) is 13.4. The first-order valence-corrected chi connectivity index (χ1v) is 5.54. The summed E-state index contributed by atoms with van der Waals surface area (Å²) >= 11 is 0. The van der Waals surface area contributed by atoms with Crippen molar-refractivity contribution in [2.45, 2.75) is 37.1 Å². The average molecular weight is 296 g/mol. The Kier molecular flexibility index (Phi) is 4.86. The van der Waals surface area contributed by atoms with E-state index in [0.717, 1.165) is 10.8 Å². The molecular formula is C10H15ClFN3O4. The number of aliphatic hydroxyl groups is 2. The highest BCUT2D eigenvalue weighted by Crippen LogP contribution is 2.27. The zero-order valence-electron chi connectivity index (χ0n) is 9.82. The Morgan fingerprint density at radius 3 is 2.58 bits per heavy atom. The summed E-state index contributed by atoms with van der Waals surface area (Å²) in [6, 6.07) is -1.39. The average Bonchev–Trinajstić information content (AvgIpc) is 2.32. The van der Waals surface area contributed by atoms with E-state index in [1.165, 1.54) is 0 Å². The van der Waals surface area contributed by atoms with Crippen molar-refractivity contribution < 1.29 is 14.6 Å². The van der Waals surface area contributed by atoms with Crippen molar-refractivity contribution in [3.05, 3.63) is 32.9 Å². The van der Waals surface area contributed by atoms with Gasteiger partial charge in [0.1, 0.15) is 6.10 Å². The monoisotopic (exact) mass is 295 g/mol. The van der Waals surface area contributed by atoms with Gasteiger partial charge in [0.25, 0.3) is 5.56 Å². The topological polar surface area (TPSA) is 121 Å². The number of nitrogens with two attached hydrogens (primary N) is 1. The number of nitrogens with zero attached hydrogens (tertiary/aromatic N) is 1. The van der Waals surface area contributed by atoms with E-state index in [9.17, 15) is 24.2 Å². The molecule has 0 aromatic carbocycles. The molecule has 1 saturated carbocycles. The highest BCUT2D eigenvalue weighted by molar-refractivity contribution is 5.85. The maximum absolute atomic E-state index is 13.1. The van der Waals surface area contributed by atoms with Gasteiger partial charge in [-0.05, 0) is 12.8 Å². The van der Waals surface area contributed by atoms with Gasteiger partial charge in [0, 0.05) is 6.04 Å². The lowest BCUT2D eigenvalue weighted by molar-refractivity contribution is -0.0514. The van der Waals surface area contributed by atoms with Crippen molar-refractivity contribution >= 4 is 12.4 Å². The molecule has 0 radical (unpaired) electrons. The molecule has 7 nitrogen and oxygen atoms in total. The second-order valence-corrected chi connectivity index (χ2v) is 4.43. The highest BCUT2D eigenvalue weighted by atomic mass is 35.5. The second-order valence-electron chi connectivity index (χ2n) is 4.43. The Balaban J connectivity index is 0.00000180. The van der Waals surface area contributed by atoms with Crippen molar-refractivity contribution in [1.29, 1.82) is 0 Å². The Labute approximate surface area is 113 Å². The van der Waals surface area contributed by atoms with E-state index in [1.807, 2.05) is 0 Å². The van der Waals surface area contributed by atoms with Gasteiger partial charge < -0.3 is 15.9 Å². The van der Waals surface area contributed by atoms with Crippen LogP contribution in [0.5, 0.6) is 0 Å². The summed E-state index contributed by atoms with van der Waals surface area (Å²) in [6.45, 7) is 0. The number of nitrogens with one attached hydrogen (secondary N) is 1. The maximum Gasteiger partial charge on any atom is 0.328 e. The molecule has 2 rings (SSSR count). The third-order valence-electron chi connectivity index (χ3n) is 3.26. The molecule has 0 saturated heterocycles. The van der Waals surface area contributed by atoms with E-state index in [4.69, 9.17) is 5.73 Å². The van der Waals surface area contributed by atoms with Crippen LogP contribution in [0.1, 0.15) is 18.9 Å². The van der Waals surface area contributed by atoms with E-state index in [1.54, 1.807) is 4.98 Å². The molecule has 1 aromatic rings. The Morgan fingerprint density at radius 1 is 1.32 bits per heavy atom. The van der Waals surface area contributed by atoms with Crippen LogP contribution >= 0.6 is 12.4 Å². The van der Waals surface area contributed by atoms with Crippen LogP contribution in [0.4, 0.5) is 4.39 Å². The molecule has 1 aliphatic rings. The summed E-state index contributed by atoms with van der Waals surface area (Å²) in [5.74, 6) is -1.12. The molecule has 5 N–H and O–H groups in total. The van der Waals surface area contributed by atoms with Gasteiger partial charge >= 0.3 is 5.69 Å². The van der Waals surface area contributed by atoms with Crippen molar-refractivity contribution in [2.75, 3.05) is 0 Å². The normalized spacial score (nSPS) is 30.7. The summed E-state index contributed by atoms with van der Waals surface area (Å²) in [5, 5.41) is 19.5. The lowest BCUT2D eigenvalue weighted by Gasteiger charge is -2.36. The molecule has 1 aliphatic carbocycles. The summed E-state index contributed by atoms with van der Waals surface area (Å²) in [5.41, 5.74) is 3.63. The van der Waals surface area contributed by atoms with E-state index in [2.05, 4.69) is 0 Å². The summed E-state index contributed by atoms with van der Waals surface area (Å²) < 4.78 is 14.0. The van der Waals surface area contributed by atoms with Gasteiger partial charge in [-0.15, -0.1) is 12.4 Å². The van der Waals surface area contributed by atoms with Crippen LogP contribution in [0.3, 0.4) is 0 Å². The molecule has 0 bridgehead atoms. The predicted octanol–water partition coefficient (Wildman–Crippen LogP) is -1.52. The number of halogens is 2. The van der Waals surface area contributed by atoms with Crippen molar-refractivity contribution in [1.82, 2.24) is 9.55 Å². The number of hydrogen-bond acceptors (Lipinski definition) is 5. The summed E-state index contributed by atoms with van der Waals surface area (Å²) in [6.07, 6.45) is -1.04. The van der Waals surface area contributed by atoms with Gasteiger partial charge in [-0.2, -0.15) is 4.39 Å². The first kappa shape index (κ1) is 15.8. The van der Waals surface area contributed by atoms with Crippen molar-refractivity contribution in [3.8, 4) is 0 Å². The third-order valence-corrected chi connectivity index (χ3v) is 3.26. The number of hydrogen-bond donors (Lipinski definition) is 4. The van der Waals surface area contributed by atoms with Gasteiger partial charge in [0.05, 0.1) is 18.3 Å². The Hall–Kier alpha value is -1.22. The SMILES string of the molecule is Cl.N[C@@H]1CC[C@@H](n2cc(F)c(=O)[nH]c2=O)[C@H](O)[C@@H]1O. The minimum absolute atomic E-state index is 0. The quantitative estimate of drug-likeness (QED) is 0.501. The van der Waals surface area contributed by atoms with Gasteiger partial charge in [0.2, 0.25) is 5.82 Å². The molecule has 108 valence electrons. The highest BCUT2D eigenvalue weighted by Gasteiger charge is 2.37. The molecule has 0 spiro atoms. The fourth-order valence-electron chi connectivity index (χ4n) is 2.20. The third kappa shape index (κ3) is 2.86. The molecule has 0 amide bonds. The van der Waals surface area contributed by atoms with Crippen LogP contribution in [-0.4, -0.2) is 38.0 Å². The Morgan fingerprint density at radius 2 is 1.95 bits per heavy atom. The van der Waals surface area contributed by atoms with Gasteiger partial charge in [-0.25, -0.2) is 4.79 Å². The predicted molar refractivity (Wildman–Crippen MR) is 66.8 cm³/mol. The number of aliphatic hydroxyl groups excluding tert-OH is 2. The van der Waals surface area contributed by atoms with Crippen LogP contribution in [0.15, 0.2) is 15.8 Å². The number of aromatic nitrogens is 2. The standard InChI is InChI=1S/C10H14FN3O4.ClH/c11-4-3-14(10(18)13-9(4)17)6-2-1-5(12)7(15)8(6)16;/h3,5-8,15-16H,1-2,12H2,(H,13,17,18);1H/t5-,6-,7-,8+;/m1./s1. The number of rotatable bonds is 1. The van der Waals surface area contributed by atoms with E-state index >= 15 is 0 Å². The zero-order valence-corrected chi connectivity index (χ0v) is 10.6. The van der Waals surface area contributed by atoms with Crippen LogP contribution in [-0.2, 0) is 0 Å². The molecule has 9 heteroatoms. The van der Waals surface area contributed by atoms with E-state index in [0.29, 0.717) is 12.8 Å². The fraction of sp³-hybridized carbons (Fsp3) is 0.600. The molecule has 4 atom stereocenters. The molecule has 1 heterocycles. The lowest BCUT2D eigenvalue weighted by atomic mass is 9.86. The van der Waals surface area contributed by atoms with Crippen molar-refractivity contribution in [2.24, 2.45) is 5.73 Å². The van der Waals surface area contributed by atoms with Crippen molar-refractivity contribution in [3.63, 3.8) is 0 Å². The van der Waals surface area contributed by atoms with Crippen LogP contribution in [0.25, 0.3) is 0 Å². The molecule has 0 unspecified atom stereocenters. The van der Waals surface area contributed by atoms with E-state index < -0.39 is 41.4 Å². The molecule has 19 heavy (non-hydrogen) atoms. The molecule has 1 fully saturated rings.